The highest BCUT2D eigenvalue weighted by molar-refractivity contribution is 5.16. The van der Waals surface area contributed by atoms with Gasteiger partial charge in [0.2, 0.25) is 0 Å². The second-order valence-corrected chi connectivity index (χ2v) is 10.6. The maximum atomic E-state index is 10.9. The van der Waals surface area contributed by atoms with E-state index in [0.29, 0.717) is 17.3 Å². The fourth-order valence-electron chi connectivity index (χ4n) is 8.29. The van der Waals surface area contributed by atoms with Crippen LogP contribution in [0.1, 0.15) is 79.1 Å². The molecule has 4 saturated carbocycles. The molecule has 2 nitrogen and oxygen atoms in total. The molecule has 2 bridgehead atoms. The molecule has 0 heterocycles. The van der Waals surface area contributed by atoms with Crippen molar-refractivity contribution >= 4 is 0 Å². The van der Waals surface area contributed by atoms with Gasteiger partial charge in [-0.25, -0.2) is 0 Å². The summed E-state index contributed by atoms with van der Waals surface area (Å²) in [6.07, 6.45) is 9.14. The van der Waals surface area contributed by atoms with Gasteiger partial charge in [0.1, 0.15) is 0 Å². The van der Waals surface area contributed by atoms with E-state index in [1.54, 1.807) is 0 Å². The van der Waals surface area contributed by atoms with E-state index >= 15 is 0 Å². The highest BCUT2D eigenvalue weighted by Crippen LogP contribution is 2.72. The van der Waals surface area contributed by atoms with E-state index in [2.05, 4.69) is 27.7 Å². The summed E-state index contributed by atoms with van der Waals surface area (Å²) in [5.41, 5.74) is 0.447. The van der Waals surface area contributed by atoms with E-state index in [4.69, 9.17) is 0 Å². The van der Waals surface area contributed by atoms with Crippen molar-refractivity contribution in [2.75, 3.05) is 0 Å². The van der Waals surface area contributed by atoms with Gasteiger partial charge in [-0.1, -0.05) is 20.8 Å². The van der Waals surface area contributed by atoms with Crippen molar-refractivity contribution in [3.05, 3.63) is 0 Å². The van der Waals surface area contributed by atoms with Crippen LogP contribution in [-0.4, -0.2) is 21.9 Å². The number of fused-ring (bicyclic) bond motifs is 3. The summed E-state index contributed by atoms with van der Waals surface area (Å²) < 4.78 is 0. The van der Waals surface area contributed by atoms with E-state index in [1.807, 2.05) is 0 Å². The molecule has 2 unspecified atom stereocenters. The van der Waals surface area contributed by atoms with Gasteiger partial charge in [0.15, 0.2) is 0 Å². The molecule has 0 aliphatic heterocycles. The zero-order valence-electron chi connectivity index (χ0n) is 14.9. The van der Waals surface area contributed by atoms with Gasteiger partial charge in [0.05, 0.1) is 11.7 Å². The lowest BCUT2D eigenvalue weighted by Gasteiger charge is -2.64. The van der Waals surface area contributed by atoms with Crippen LogP contribution < -0.4 is 0 Å². The maximum Gasteiger partial charge on any atom is 0.0653 e. The lowest BCUT2D eigenvalue weighted by atomic mass is 9.41. The summed E-state index contributed by atoms with van der Waals surface area (Å²) >= 11 is 0. The predicted octanol–water partition coefficient (Wildman–Crippen LogP) is 4.14. The first-order valence-electron chi connectivity index (χ1n) is 9.50. The molecule has 22 heavy (non-hydrogen) atoms. The molecule has 0 saturated heterocycles. The molecule has 2 N–H and O–H groups in total. The van der Waals surface area contributed by atoms with E-state index in [1.165, 1.54) is 32.1 Å². The smallest absolute Gasteiger partial charge is 0.0653 e. The van der Waals surface area contributed by atoms with Crippen LogP contribution in [0, 0.1) is 34.0 Å². The Bertz CT molecular complexity index is 482. The van der Waals surface area contributed by atoms with Crippen LogP contribution in [0.4, 0.5) is 0 Å². The average molecular weight is 306 g/mol. The molecule has 126 valence electrons. The Balaban J connectivity index is 1.74. The Morgan fingerprint density at radius 2 is 1.59 bits per heavy atom. The second-order valence-electron chi connectivity index (χ2n) is 10.6. The summed E-state index contributed by atoms with van der Waals surface area (Å²) in [5.74, 6) is 1.96. The van der Waals surface area contributed by atoms with E-state index in [9.17, 15) is 10.2 Å². The van der Waals surface area contributed by atoms with Crippen LogP contribution in [-0.2, 0) is 0 Å². The summed E-state index contributed by atoms with van der Waals surface area (Å²) in [7, 11) is 0. The minimum Gasteiger partial charge on any atom is -0.393 e. The van der Waals surface area contributed by atoms with Crippen molar-refractivity contribution in [3.8, 4) is 0 Å². The molecule has 0 aromatic heterocycles. The van der Waals surface area contributed by atoms with Crippen LogP contribution in [0.3, 0.4) is 0 Å². The van der Waals surface area contributed by atoms with Crippen LogP contribution in [0.5, 0.6) is 0 Å². The SMILES string of the molecule is CC1(C)C[C@H](O)C[C@]2(C)C1CC[C@@]13C[C@@H](CCC12)[C@@](C)(O)C3. The van der Waals surface area contributed by atoms with Crippen molar-refractivity contribution in [1.29, 1.82) is 0 Å². The zero-order chi connectivity index (χ0) is 16.0. The molecule has 4 aliphatic rings. The van der Waals surface area contributed by atoms with E-state index in [0.717, 1.165) is 25.2 Å². The van der Waals surface area contributed by atoms with Gasteiger partial charge in [-0.15, -0.1) is 0 Å². The minimum absolute atomic E-state index is 0.133. The molecular weight excluding hydrogens is 272 g/mol. The number of aliphatic hydroxyl groups is 2. The van der Waals surface area contributed by atoms with E-state index < -0.39 is 5.60 Å². The average Bonchev–Trinajstić information content (AvgIpc) is 2.52. The van der Waals surface area contributed by atoms with Gasteiger partial charge >= 0.3 is 0 Å². The van der Waals surface area contributed by atoms with Crippen LogP contribution in [0.2, 0.25) is 0 Å². The highest BCUT2D eigenvalue weighted by atomic mass is 16.3. The Labute approximate surface area is 135 Å². The van der Waals surface area contributed by atoms with Crippen molar-refractivity contribution in [3.63, 3.8) is 0 Å². The monoisotopic (exact) mass is 306 g/mol. The molecule has 0 radical (unpaired) electrons. The van der Waals surface area contributed by atoms with Crippen molar-refractivity contribution in [2.45, 2.75) is 90.8 Å². The first-order valence-corrected chi connectivity index (χ1v) is 9.50. The van der Waals surface area contributed by atoms with Crippen LogP contribution >= 0.6 is 0 Å². The summed E-state index contributed by atoms with van der Waals surface area (Å²) in [6, 6.07) is 0. The molecule has 0 aromatic rings. The summed E-state index contributed by atoms with van der Waals surface area (Å²) in [6.45, 7) is 9.34. The van der Waals surface area contributed by atoms with Gasteiger partial charge in [0, 0.05) is 0 Å². The predicted molar refractivity (Wildman–Crippen MR) is 88.4 cm³/mol. The molecular formula is C20H34O2. The first-order chi connectivity index (χ1) is 10.1. The molecule has 7 atom stereocenters. The lowest BCUT2D eigenvalue weighted by Crippen LogP contribution is -2.58. The van der Waals surface area contributed by atoms with Gasteiger partial charge < -0.3 is 10.2 Å². The Morgan fingerprint density at radius 1 is 0.864 bits per heavy atom. The number of hydrogen-bond donors (Lipinski definition) is 2. The Hall–Kier alpha value is -0.0800. The normalized spacial score (nSPS) is 59.7. The minimum atomic E-state index is -0.444. The summed E-state index contributed by atoms with van der Waals surface area (Å²) in [5, 5.41) is 21.4. The number of rotatable bonds is 0. The Kier molecular flexibility index (Phi) is 3.02. The fraction of sp³-hybridized carbons (Fsp3) is 1.00. The van der Waals surface area contributed by atoms with Gasteiger partial charge in [0.25, 0.3) is 0 Å². The van der Waals surface area contributed by atoms with Gasteiger partial charge in [-0.3, -0.25) is 0 Å². The molecule has 0 amide bonds. The molecule has 1 spiro atoms. The molecule has 4 rings (SSSR count). The van der Waals surface area contributed by atoms with Crippen molar-refractivity contribution < 1.29 is 10.2 Å². The van der Waals surface area contributed by atoms with Crippen LogP contribution in [0.15, 0.2) is 0 Å². The third-order valence-corrected chi connectivity index (χ3v) is 8.69. The third-order valence-electron chi connectivity index (χ3n) is 8.69. The first kappa shape index (κ1) is 15.4. The van der Waals surface area contributed by atoms with Gasteiger partial charge in [-0.05, 0) is 92.3 Å². The molecule has 2 heteroatoms. The fourth-order valence-corrected chi connectivity index (χ4v) is 8.29. The standard InChI is InChI=1S/C20H34O2/c1-17(2)10-14(21)11-18(3)15(17)7-8-20-9-13(5-6-16(18)20)19(4,22)12-20/h13-16,21-22H,5-12H2,1-4H3/t13-,14+,15?,16?,18-,19+,20+/m1/s1. The second kappa shape index (κ2) is 4.30. The van der Waals surface area contributed by atoms with Gasteiger partial charge in [-0.2, -0.15) is 0 Å². The Morgan fingerprint density at radius 3 is 2.32 bits per heavy atom. The number of hydrogen-bond acceptors (Lipinski definition) is 2. The van der Waals surface area contributed by atoms with Crippen LogP contribution in [0.25, 0.3) is 0 Å². The third kappa shape index (κ3) is 1.86. The van der Waals surface area contributed by atoms with Crippen molar-refractivity contribution in [2.24, 2.45) is 34.0 Å². The number of aliphatic hydroxyl groups excluding tert-OH is 1. The highest BCUT2D eigenvalue weighted by Gasteiger charge is 2.66. The zero-order valence-corrected chi connectivity index (χ0v) is 14.9. The maximum absolute atomic E-state index is 10.9. The topological polar surface area (TPSA) is 40.5 Å². The van der Waals surface area contributed by atoms with Crippen molar-refractivity contribution in [1.82, 2.24) is 0 Å². The molecule has 4 fully saturated rings. The van der Waals surface area contributed by atoms with E-state index in [-0.39, 0.29) is 16.9 Å². The lowest BCUT2D eigenvalue weighted by molar-refractivity contribution is -0.171. The molecule has 4 aliphatic carbocycles. The quantitative estimate of drug-likeness (QED) is 0.706. The largest absolute Gasteiger partial charge is 0.393 e. The molecule has 0 aromatic carbocycles. The summed E-state index contributed by atoms with van der Waals surface area (Å²) in [4.78, 5) is 0.